The highest BCUT2D eigenvalue weighted by Gasteiger charge is 2.31. The van der Waals surface area contributed by atoms with Crippen LogP contribution in [0.1, 0.15) is 12.8 Å². The average molecular weight is 311 g/mol. The van der Waals surface area contributed by atoms with E-state index in [9.17, 15) is 13.5 Å². The summed E-state index contributed by atoms with van der Waals surface area (Å²) in [7, 11) is -3.52. The zero-order valence-corrected chi connectivity index (χ0v) is 12.7. The fourth-order valence-corrected chi connectivity index (χ4v) is 4.12. The van der Waals surface area contributed by atoms with E-state index in [4.69, 9.17) is 5.73 Å². The Hall–Kier alpha value is -1.31. The van der Waals surface area contributed by atoms with Gasteiger partial charge in [0.2, 0.25) is 10.0 Å². The van der Waals surface area contributed by atoms with Crippen LogP contribution in [0.15, 0.2) is 23.1 Å². The van der Waals surface area contributed by atoms with Gasteiger partial charge in [-0.3, -0.25) is 0 Å². The number of phenols is 1. The van der Waals surface area contributed by atoms with Crippen LogP contribution in [0, 0.1) is 5.92 Å². The molecule has 1 aliphatic heterocycles. The number of nitrogen functional groups attached to an aromatic ring is 1. The van der Waals surface area contributed by atoms with Gasteiger partial charge in [-0.15, -0.1) is 0 Å². The molecular weight excluding hydrogens is 290 g/mol. The molecule has 0 bridgehead atoms. The molecule has 0 spiro atoms. The van der Waals surface area contributed by atoms with Crippen molar-refractivity contribution < 1.29 is 13.5 Å². The number of rotatable bonds is 4. The van der Waals surface area contributed by atoms with Gasteiger partial charge >= 0.3 is 0 Å². The van der Waals surface area contributed by atoms with E-state index in [-0.39, 0.29) is 16.3 Å². The Bertz CT molecular complexity index is 620. The number of piperazine rings is 1. The lowest BCUT2D eigenvalue weighted by molar-refractivity contribution is 0.182. The van der Waals surface area contributed by atoms with Crippen molar-refractivity contribution in [1.29, 1.82) is 0 Å². The Morgan fingerprint density at radius 3 is 2.43 bits per heavy atom. The van der Waals surface area contributed by atoms with Crippen LogP contribution in [0.2, 0.25) is 0 Å². The van der Waals surface area contributed by atoms with Gasteiger partial charge < -0.3 is 15.7 Å². The van der Waals surface area contributed by atoms with Gasteiger partial charge in [0.25, 0.3) is 0 Å². The number of hydrogen-bond acceptors (Lipinski definition) is 5. The van der Waals surface area contributed by atoms with E-state index >= 15 is 0 Å². The number of phenolic OH excluding ortho intramolecular Hbond substituents is 1. The van der Waals surface area contributed by atoms with Crippen molar-refractivity contribution in [3.05, 3.63) is 18.2 Å². The van der Waals surface area contributed by atoms with Crippen LogP contribution in [0.3, 0.4) is 0 Å². The van der Waals surface area contributed by atoms with Crippen LogP contribution in [0.25, 0.3) is 0 Å². The smallest absolute Gasteiger partial charge is 0.243 e. The minimum absolute atomic E-state index is 0.0865. The van der Waals surface area contributed by atoms with E-state index in [1.807, 2.05) is 0 Å². The number of benzene rings is 1. The molecule has 6 nitrogen and oxygen atoms in total. The standard InChI is InChI=1S/C14H21N3O3S/c15-13-9-12(3-4-14(13)18)21(19,20)17-7-5-16(6-8-17)10-11-1-2-11/h3-4,9,11,18H,1-2,5-8,10,15H2. The molecule has 1 saturated heterocycles. The van der Waals surface area contributed by atoms with Gasteiger partial charge in [-0.2, -0.15) is 4.31 Å². The van der Waals surface area contributed by atoms with Crippen molar-refractivity contribution >= 4 is 15.7 Å². The Balaban J connectivity index is 1.68. The molecule has 2 fully saturated rings. The summed E-state index contributed by atoms with van der Waals surface area (Å²) < 4.78 is 26.6. The maximum Gasteiger partial charge on any atom is 0.243 e. The number of aromatic hydroxyl groups is 1. The van der Waals surface area contributed by atoms with Gasteiger partial charge in [0.05, 0.1) is 10.6 Å². The lowest BCUT2D eigenvalue weighted by Crippen LogP contribution is -2.49. The van der Waals surface area contributed by atoms with Crippen LogP contribution in [0.5, 0.6) is 5.75 Å². The SMILES string of the molecule is Nc1cc(S(=O)(=O)N2CCN(CC3CC3)CC2)ccc1O. The van der Waals surface area contributed by atoms with E-state index in [1.165, 1.54) is 35.3 Å². The highest BCUT2D eigenvalue weighted by atomic mass is 32.2. The minimum atomic E-state index is -3.52. The molecule has 1 aliphatic carbocycles. The summed E-state index contributed by atoms with van der Waals surface area (Å²) in [6.45, 7) is 3.68. The normalized spacial score (nSPS) is 21.5. The largest absolute Gasteiger partial charge is 0.506 e. The monoisotopic (exact) mass is 311 g/mol. The zero-order chi connectivity index (χ0) is 15.0. The Labute approximate surface area is 125 Å². The zero-order valence-electron chi connectivity index (χ0n) is 11.9. The molecule has 1 saturated carbocycles. The fraction of sp³-hybridized carbons (Fsp3) is 0.571. The Morgan fingerprint density at radius 2 is 1.86 bits per heavy atom. The molecule has 7 heteroatoms. The molecule has 1 aromatic rings. The minimum Gasteiger partial charge on any atom is -0.506 e. The molecule has 0 amide bonds. The number of sulfonamides is 1. The average Bonchev–Trinajstić information content (AvgIpc) is 3.26. The summed E-state index contributed by atoms with van der Waals surface area (Å²) in [6, 6.07) is 4.05. The molecule has 0 aromatic heterocycles. The van der Waals surface area contributed by atoms with Crippen molar-refractivity contribution in [2.24, 2.45) is 5.92 Å². The summed E-state index contributed by atoms with van der Waals surface area (Å²) in [6.07, 6.45) is 2.62. The third-order valence-electron chi connectivity index (χ3n) is 4.18. The fourth-order valence-electron chi connectivity index (χ4n) is 2.66. The maximum absolute atomic E-state index is 12.6. The Morgan fingerprint density at radius 1 is 1.19 bits per heavy atom. The highest BCUT2D eigenvalue weighted by Crippen LogP contribution is 2.30. The summed E-state index contributed by atoms with van der Waals surface area (Å²) in [4.78, 5) is 2.49. The molecule has 2 aliphatic rings. The summed E-state index contributed by atoms with van der Waals surface area (Å²) in [5.41, 5.74) is 5.68. The van der Waals surface area contributed by atoms with Gasteiger partial charge in [-0.05, 0) is 37.0 Å². The Kier molecular flexibility index (Phi) is 3.81. The summed E-state index contributed by atoms with van der Waals surface area (Å²) >= 11 is 0. The van der Waals surface area contributed by atoms with Crippen molar-refractivity contribution in [3.63, 3.8) is 0 Å². The van der Waals surface area contributed by atoms with Gasteiger partial charge in [0.1, 0.15) is 5.75 Å². The first kappa shape index (κ1) is 14.6. The van der Waals surface area contributed by atoms with Crippen molar-refractivity contribution in [3.8, 4) is 5.75 Å². The first-order valence-corrected chi connectivity index (χ1v) is 8.72. The molecule has 0 atom stereocenters. The van der Waals surface area contributed by atoms with Gasteiger partial charge in [0, 0.05) is 32.7 Å². The third-order valence-corrected chi connectivity index (χ3v) is 6.08. The molecule has 0 radical (unpaired) electrons. The molecule has 1 aromatic carbocycles. The van der Waals surface area contributed by atoms with Crippen LogP contribution in [-0.2, 0) is 10.0 Å². The predicted octanol–water partition coefficient (Wildman–Crippen LogP) is 0.691. The number of nitrogens with two attached hydrogens (primary N) is 1. The van der Waals surface area contributed by atoms with Crippen molar-refractivity contribution in [1.82, 2.24) is 9.21 Å². The molecule has 116 valence electrons. The van der Waals surface area contributed by atoms with Crippen LogP contribution in [0.4, 0.5) is 5.69 Å². The first-order chi connectivity index (χ1) is 9.96. The summed E-state index contributed by atoms with van der Waals surface area (Å²) in [5, 5.41) is 9.40. The second-order valence-electron chi connectivity index (χ2n) is 5.87. The second-order valence-corrected chi connectivity index (χ2v) is 7.81. The maximum atomic E-state index is 12.6. The van der Waals surface area contributed by atoms with Gasteiger partial charge in [0.15, 0.2) is 0 Å². The van der Waals surface area contributed by atoms with Crippen LogP contribution >= 0.6 is 0 Å². The highest BCUT2D eigenvalue weighted by molar-refractivity contribution is 7.89. The van der Waals surface area contributed by atoms with Crippen LogP contribution < -0.4 is 5.73 Å². The van der Waals surface area contributed by atoms with E-state index in [2.05, 4.69) is 4.90 Å². The molecule has 1 heterocycles. The molecule has 21 heavy (non-hydrogen) atoms. The molecule has 3 N–H and O–H groups in total. The summed E-state index contributed by atoms with van der Waals surface area (Å²) in [5.74, 6) is 0.730. The van der Waals surface area contributed by atoms with Crippen molar-refractivity contribution in [2.45, 2.75) is 17.7 Å². The number of hydrogen-bond donors (Lipinski definition) is 2. The van der Waals surface area contributed by atoms with Gasteiger partial charge in [-0.1, -0.05) is 0 Å². The third kappa shape index (κ3) is 3.14. The lowest BCUT2D eigenvalue weighted by Gasteiger charge is -2.34. The van der Waals surface area contributed by atoms with E-state index in [0.29, 0.717) is 13.1 Å². The number of anilines is 1. The van der Waals surface area contributed by atoms with E-state index < -0.39 is 10.0 Å². The second kappa shape index (κ2) is 5.47. The molecule has 0 unspecified atom stereocenters. The van der Waals surface area contributed by atoms with E-state index in [1.54, 1.807) is 0 Å². The quantitative estimate of drug-likeness (QED) is 0.631. The van der Waals surface area contributed by atoms with Crippen molar-refractivity contribution in [2.75, 3.05) is 38.5 Å². The van der Waals surface area contributed by atoms with Crippen LogP contribution in [-0.4, -0.2) is 55.5 Å². The lowest BCUT2D eigenvalue weighted by atomic mass is 10.3. The first-order valence-electron chi connectivity index (χ1n) is 7.28. The topological polar surface area (TPSA) is 86.9 Å². The van der Waals surface area contributed by atoms with E-state index in [0.717, 1.165) is 25.6 Å². The predicted molar refractivity (Wildman–Crippen MR) is 80.4 cm³/mol. The number of nitrogens with zero attached hydrogens (tertiary/aromatic N) is 2. The molecular formula is C14H21N3O3S. The molecule has 3 rings (SSSR count). The van der Waals surface area contributed by atoms with Gasteiger partial charge in [-0.25, -0.2) is 8.42 Å².